The van der Waals surface area contributed by atoms with Gasteiger partial charge in [-0.05, 0) is 47.5 Å². The first kappa shape index (κ1) is 22.7. The fourth-order valence-electron chi connectivity index (χ4n) is 2.61. The van der Waals surface area contributed by atoms with E-state index in [0.29, 0.717) is 34.9 Å². The molecular weight excluding hydrogens is 460 g/mol. The van der Waals surface area contributed by atoms with Gasteiger partial charge in [-0.1, -0.05) is 23.7 Å². The predicted octanol–water partition coefficient (Wildman–Crippen LogP) is 7.45. The second kappa shape index (κ2) is 8.26. The molecule has 2 nitrogen and oxygen atoms in total. The lowest BCUT2D eigenvalue weighted by Crippen LogP contribution is -2.25. The first-order valence-electron chi connectivity index (χ1n) is 8.23. The Morgan fingerprint density at radius 2 is 1.23 bits per heavy atom. The van der Waals surface area contributed by atoms with E-state index < -0.39 is 47.0 Å². The molecule has 0 spiro atoms. The van der Waals surface area contributed by atoms with Crippen molar-refractivity contribution in [3.05, 3.63) is 82.6 Å². The molecule has 0 aromatic heterocycles. The van der Waals surface area contributed by atoms with Crippen molar-refractivity contribution in [1.82, 2.24) is 0 Å². The van der Waals surface area contributed by atoms with Crippen molar-refractivity contribution in [3.8, 4) is 22.6 Å². The average Bonchev–Trinajstić information content (AvgIpc) is 2.62. The summed E-state index contributed by atoms with van der Waals surface area (Å²) in [5.74, 6) is -7.28. The molecule has 31 heavy (non-hydrogen) atoms. The van der Waals surface area contributed by atoms with Crippen LogP contribution >= 0.6 is 11.6 Å². The van der Waals surface area contributed by atoms with Crippen molar-refractivity contribution < 1.29 is 44.6 Å². The van der Waals surface area contributed by atoms with Gasteiger partial charge >= 0.3 is 12.5 Å². The lowest BCUT2D eigenvalue weighted by atomic mass is 10.0. The third kappa shape index (κ3) is 5.38. The van der Waals surface area contributed by atoms with E-state index >= 15 is 0 Å². The Hall–Kier alpha value is -3.01. The molecule has 0 bridgehead atoms. The summed E-state index contributed by atoms with van der Waals surface area (Å²) in [6.07, 6.45) is -9.84. The Morgan fingerprint density at radius 1 is 0.645 bits per heavy atom. The van der Waals surface area contributed by atoms with Gasteiger partial charge in [-0.15, -0.1) is 13.2 Å². The molecule has 11 heteroatoms. The molecule has 0 saturated carbocycles. The first-order chi connectivity index (χ1) is 14.4. The maximum Gasteiger partial charge on any atom is 0.573 e. The molecule has 0 amide bonds. The SMILES string of the molecule is Fc1cc(OC(F)(F)c2c(F)cc(-c3ccc(Cl)cc3)cc2F)ccc1OC(F)(F)F. The minimum Gasteiger partial charge on any atom is -0.429 e. The van der Waals surface area contributed by atoms with Crippen LogP contribution in [0.15, 0.2) is 54.6 Å². The van der Waals surface area contributed by atoms with E-state index in [0.717, 1.165) is 0 Å². The standard InChI is InChI=1S/C20H9ClF8O2/c21-12-3-1-10(2-4-12)11-7-15(23)18(16(24)8-11)19(25,26)30-13-5-6-17(14(22)9-13)31-20(27,28)29/h1-9H. The van der Waals surface area contributed by atoms with E-state index in [9.17, 15) is 35.1 Å². The van der Waals surface area contributed by atoms with Crippen LogP contribution in [0.3, 0.4) is 0 Å². The van der Waals surface area contributed by atoms with Gasteiger partial charge in [0.2, 0.25) is 0 Å². The van der Waals surface area contributed by atoms with Crippen LogP contribution in [0.25, 0.3) is 11.1 Å². The molecule has 0 radical (unpaired) electrons. The summed E-state index contributed by atoms with van der Waals surface area (Å²) in [5, 5.41) is 0.347. The Kier molecular flexibility index (Phi) is 6.04. The summed E-state index contributed by atoms with van der Waals surface area (Å²) >= 11 is 5.72. The lowest BCUT2D eigenvalue weighted by molar-refractivity contribution is -0.275. The highest BCUT2D eigenvalue weighted by Crippen LogP contribution is 2.38. The third-order valence-corrected chi connectivity index (χ3v) is 4.14. The van der Waals surface area contributed by atoms with Crippen LogP contribution in [0, 0.1) is 17.5 Å². The smallest absolute Gasteiger partial charge is 0.429 e. The van der Waals surface area contributed by atoms with Crippen LogP contribution in [0.5, 0.6) is 11.5 Å². The van der Waals surface area contributed by atoms with Gasteiger partial charge in [0.25, 0.3) is 0 Å². The van der Waals surface area contributed by atoms with Gasteiger partial charge in [0.05, 0.1) is 0 Å². The molecule has 0 atom stereocenters. The Balaban J connectivity index is 1.89. The molecule has 3 aromatic rings. The fourth-order valence-corrected chi connectivity index (χ4v) is 2.74. The molecule has 3 rings (SSSR count). The van der Waals surface area contributed by atoms with Crippen LogP contribution in [-0.4, -0.2) is 6.36 Å². The van der Waals surface area contributed by atoms with Crippen LogP contribution in [-0.2, 0) is 6.11 Å². The first-order valence-corrected chi connectivity index (χ1v) is 8.61. The van der Waals surface area contributed by atoms with E-state index in [1.165, 1.54) is 24.3 Å². The Labute approximate surface area is 174 Å². The van der Waals surface area contributed by atoms with Crippen molar-refractivity contribution in [2.75, 3.05) is 0 Å². The predicted molar refractivity (Wildman–Crippen MR) is 94.4 cm³/mol. The summed E-state index contributed by atoms with van der Waals surface area (Å²) in [6.45, 7) is 0. The maximum absolute atomic E-state index is 14.4. The van der Waals surface area contributed by atoms with E-state index in [1.54, 1.807) is 0 Å². The number of hydrogen-bond acceptors (Lipinski definition) is 2. The monoisotopic (exact) mass is 468 g/mol. The third-order valence-electron chi connectivity index (χ3n) is 3.89. The largest absolute Gasteiger partial charge is 0.573 e. The molecule has 164 valence electrons. The number of ether oxygens (including phenoxy) is 2. The zero-order chi connectivity index (χ0) is 23.0. The zero-order valence-electron chi connectivity index (χ0n) is 14.9. The van der Waals surface area contributed by atoms with Crippen LogP contribution < -0.4 is 9.47 Å². The van der Waals surface area contributed by atoms with E-state index in [4.69, 9.17) is 11.6 Å². The van der Waals surface area contributed by atoms with E-state index in [1.807, 2.05) is 0 Å². The fraction of sp³-hybridized carbons (Fsp3) is 0.100. The number of rotatable bonds is 5. The van der Waals surface area contributed by atoms with Crippen molar-refractivity contribution in [2.24, 2.45) is 0 Å². The van der Waals surface area contributed by atoms with E-state index in [-0.39, 0.29) is 11.6 Å². The van der Waals surface area contributed by atoms with Gasteiger partial charge in [-0.25, -0.2) is 13.2 Å². The maximum atomic E-state index is 14.4. The van der Waals surface area contributed by atoms with Crippen molar-refractivity contribution in [1.29, 1.82) is 0 Å². The molecular formula is C20H9ClF8O2. The minimum absolute atomic E-state index is 0.0640. The molecule has 0 N–H and O–H groups in total. The highest BCUT2D eigenvalue weighted by molar-refractivity contribution is 6.30. The summed E-state index contributed by atoms with van der Waals surface area (Å²) in [4.78, 5) is 0. The number of benzene rings is 3. The topological polar surface area (TPSA) is 18.5 Å². The normalized spacial score (nSPS) is 12.0. The number of halogens is 9. The molecule has 0 saturated heterocycles. The van der Waals surface area contributed by atoms with Crippen LogP contribution in [0.4, 0.5) is 35.1 Å². The molecule has 0 unspecified atom stereocenters. The summed E-state index contributed by atoms with van der Waals surface area (Å²) in [7, 11) is 0. The second-order valence-corrected chi connectivity index (χ2v) is 6.52. The minimum atomic E-state index is -5.22. The zero-order valence-corrected chi connectivity index (χ0v) is 15.7. The van der Waals surface area contributed by atoms with E-state index in [2.05, 4.69) is 9.47 Å². The van der Waals surface area contributed by atoms with Crippen molar-refractivity contribution >= 4 is 11.6 Å². The molecule has 0 aliphatic carbocycles. The summed E-state index contributed by atoms with van der Waals surface area (Å²) in [6, 6.07) is 8.03. The van der Waals surface area contributed by atoms with Gasteiger partial charge in [-0.2, -0.15) is 8.78 Å². The van der Waals surface area contributed by atoms with Gasteiger partial charge < -0.3 is 9.47 Å². The van der Waals surface area contributed by atoms with Gasteiger partial charge in [0, 0.05) is 11.1 Å². The van der Waals surface area contributed by atoms with Crippen LogP contribution in [0.2, 0.25) is 5.02 Å². The summed E-state index contributed by atoms with van der Waals surface area (Å²) < 4.78 is 115. The molecule has 0 fully saturated rings. The van der Waals surface area contributed by atoms with Crippen molar-refractivity contribution in [3.63, 3.8) is 0 Å². The molecule has 3 aromatic carbocycles. The quantitative estimate of drug-likeness (QED) is 0.362. The second-order valence-electron chi connectivity index (χ2n) is 6.08. The highest BCUT2D eigenvalue weighted by Gasteiger charge is 2.41. The van der Waals surface area contributed by atoms with Crippen LogP contribution in [0.1, 0.15) is 5.56 Å². The molecule has 0 aliphatic heterocycles. The number of hydrogen-bond donors (Lipinski definition) is 0. The Bertz CT molecular complexity index is 1070. The Morgan fingerprint density at radius 3 is 1.74 bits per heavy atom. The van der Waals surface area contributed by atoms with Gasteiger partial charge in [0.1, 0.15) is 22.9 Å². The highest BCUT2D eigenvalue weighted by atomic mass is 35.5. The molecule has 0 heterocycles. The molecule has 0 aliphatic rings. The number of alkyl halides is 5. The van der Waals surface area contributed by atoms with Gasteiger partial charge in [0.15, 0.2) is 11.6 Å². The average molecular weight is 469 g/mol. The van der Waals surface area contributed by atoms with Crippen molar-refractivity contribution in [2.45, 2.75) is 12.5 Å². The summed E-state index contributed by atoms with van der Waals surface area (Å²) in [5.41, 5.74) is -1.53. The lowest BCUT2D eigenvalue weighted by Gasteiger charge is -2.20. The van der Waals surface area contributed by atoms with Gasteiger partial charge in [-0.3, -0.25) is 0 Å².